The van der Waals surface area contributed by atoms with Crippen molar-refractivity contribution in [2.45, 2.75) is 24.3 Å². The van der Waals surface area contributed by atoms with Crippen LogP contribution >= 0.6 is 0 Å². The fourth-order valence-electron chi connectivity index (χ4n) is 1.74. The third-order valence-electron chi connectivity index (χ3n) is 2.67. The SMILES string of the molecule is Cc1cccc([N+](=O)[O-])c1S(=O)(=O)NC(CCO)C(=O)O. The van der Waals surface area contributed by atoms with Crippen molar-refractivity contribution in [3.8, 4) is 0 Å². The molecule has 0 aliphatic heterocycles. The molecule has 1 unspecified atom stereocenters. The number of benzene rings is 1. The highest BCUT2D eigenvalue weighted by Crippen LogP contribution is 2.27. The van der Waals surface area contributed by atoms with Crippen molar-refractivity contribution in [2.24, 2.45) is 0 Å². The van der Waals surface area contributed by atoms with Gasteiger partial charge in [-0.1, -0.05) is 12.1 Å². The van der Waals surface area contributed by atoms with E-state index in [0.717, 1.165) is 6.07 Å². The molecule has 9 nitrogen and oxygen atoms in total. The van der Waals surface area contributed by atoms with Gasteiger partial charge >= 0.3 is 5.97 Å². The van der Waals surface area contributed by atoms with Gasteiger partial charge in [-0.2, -0.15) is 4.72 Å². The van der Waals surface area contributed by atoms with E-state index in [-0.39, 0.29) is 12.0 Å². The van der Waals surface area contributed by atoms with Gasteiger partial charge in [0.05, 0.1) is 4.92 Å². The molecule has 0 fully saturated rings. The maximum Gasteiger partial charge on any atom is 0.321 e. The lowest BCUT2D eigenvalue weighted by Gasteiger charge is -2.14. The van der Waals surface area contributed by atoms with Crippen molar-refractivity contribution in [1.82, 2.24) is 4.72 Å². The van der Waals surface area contributed by atoms with Crippen LogP contribution < -0.4 is 4.72 Å². The number of nitro groups is 1. The van der Waals surface area contributed by atoms with Crippen LogP contribution in [0.4, 0.5) is 5.69 Å². The molecule has 0 bridgehead atoms. The molecular formula is C11H14N2O7S. The third-order valence-corrected chi connectivity index (χ3v) is 4.33. The average molecular weight is 318 g/mol. The maximum atomic E-state index is 12.2. The number of hydrogen-bond acceptors (Lipinski definition) is 6. The van der Waals surface area contributed by atoms with Crippen LogP contribution in [0.3, 0.4) is 0 Å². The molecule has 0 saturated heterocycles. The van der Waals surface area contributed by atoms with Crippen LogP contribution in [0.15, 0.2) is 23.1 Å². The number of carboxylic acid groups (broad SMARTS) is 1. The highest BCUT2D eigenvalue weighted by molar-refractivity contribution is 7.89. The Labute approximate surface area is 120 Å². The van der Waals surface area contributed by atoms with Gasteiger partial charge in [0.2, 0.25) is 10.0 Å². The summed E-state index contributed by atoms with van der Waals surface area (Å²) in [4.78, 5) is 20.4. The van der Waals surface area contributed by atoms with Crippen LogP contribution in [-0.2, 0) is 14.8 Å². The summed E-state index contributed by atoms with van der Waals surface area (Å²) in [6, 6.07) is 2.14. The lowest BCUT2D eigenvalue weighted by Crippen LogP contribution is -2.41. The minimum atomic E-state index is -4.42. The third kappa shape index (κ3) is 3.97. The zero-order valence-electron chi connectivity index (χ0n) is 11.0. The van der Waals surface area contributed by atoms with E-state index < -0.39 is 44.1 Å². The predicted molar refractivity (Wildman–Crippen MR) is 71.3 cm³/mol. The molecule has 1 atom stereocenters. The van der Waals surface area contributed by atoms with Gasteiger partial charge in [-0.15, -0.1) is 0 Å². The normalized spacial score (nSPS) is 12.9. The number of hydrogen-bond donors (Lipinski definition) is 3. The molecule has 1 aromatic carbocycles. The number of nitro benzene ring substituents is 1. The van der Waals surface area contributed by atoms with Crippen LogP contribution in [0.25, 0.3) is 0 Å². The summed E-state index contributed by atoms with van der Waals surface area (Å²) in [5, 5.41) is 28.6. The van der Waals surface area contributed by atoms with Gasteiger partial charge in [0.1, 0.15) is 6.04 Å². The zero-order chi connectivity index (χ0) is 16.2. The molecule has 21 heavy (non-hydrogen) atoms. The van der Waals surface area contributed by atoms with Gasteiger partial charge in [0.25, 0.3) is 5.69 Å². The summed E-state index contributed by atoms with van der Waals surface area (Å²) in [5.74, 6) is -1.48. The summed E-state index contributed by atoms with van der Waals surface area (Å²) in [6.45, 7) is 0.818. The maximum absolute atomic E-state index is 12.2. The Morgan fingerprint density at radius 1 is 1.48 bits per heavy atom. The second kappa shape index (κ2) is 6.61. The van der Waals surface area contributed by atoms with E-state index in [2.05, 4.69) is 0 Å². The largest absolute Gasteiger partial charge is 0.480 e. The fraction of sp³-hybridized carbons (Fsp3) is 0.364. The zero-order valence-corrected chi connectivity index (χ0v) is 11.8. The van der Waals surface area contributed by atoms with Crippen LogP contribution in [0.2, 0.25) is 0 Å². The standard InChI is InChI=1S/C11H14N2O7S/c1-7-3-2-4-9(13(17)18)10(7)21(19,20)12-8(5-6-14)11(15)16/h2-4,8,12,14H,5-6H2,1H3,(H,15,16). The molecular weight excluding hydrogens is 304 g/mol. The first-order chi connectivity index (χ1) is 9.70. The molecule has 1 rings (SSSR count). The quantitative estimate of drug-likeness (QED) is 0.474. The number of aryl methyl sites for hydroxylation is 1. The molecule has 0 aliphatic rings. The second-order valence-electron chi connectivity index (χ2n) is 4.20. The molecule has 0 aromatic heterocycles. The molecule has 0 spiro atoms. The van der Waals surface area contributed by atoms with E-state index in [1.165, 1.54) is 19.1 Å². The Morgan fingerprint density at radius 2 is 2.10 bits per heavy atom. The molecule has 0 heterocycles. The number of nitrogens with one attached hydrogen (secondary N) is 1. The first-order valence-corrected chi connectivity index (χ1v) is 7.29. The van der Waals surface area contributed by atoms with Crippen LogP contribution in [0.5, 0.6) is 0 Å². The summed E-state index contributed by atoms with van der Waals surface area (Å²) in [7, 11) is -4.42. The molecule has 3 N–H and O–H groups in total. The van der Waals surface area contributed by atoms with Crippen molar-refractivity contribution in [1.29, 1.82) is 0 Å². The van der Waals surface area contributed by atoms with Crippen molar-refractivity contribution in [3.05, 3.63) is 33.9 Å². The number of carbonyl (C=O) groups is 1. The highest BCUT2D eigenvalue weighted by Gasteiger charge is 2.31. The predicted octanol–water partition coefficient (Wildman–Crippen LogP) is 0.0171. The summed E-state index contributed by atoms with van der Waals surface area (Å²) >= 11 is 0. The van der Waals surface area contributed by atoms with Crippen LogP contribution in [0.1, 0.15) is 12.0 Å². The fourth-order valence-corrected chi connectivity index (χ4v) is 3.36. The Hall–Kier alpha value is -2.04. The second-order valence-corrected chi connectivity index (χ2v) is 5.86. The molecule has 116 valence electrons. The van der Waals surface area contributed by atoms with E-state index in [1.54, 1.807) is 0 Å². The molecule has 1 aromatic rings. The van der Waals surface area contributed by atoms with E-state index >= 15 is 0 Å². The van der Waals surface area contributed by atoms with Gasteiger partial charge < -0.3 is 10.2 Å². The van der Waals surface area contributed by atoms with Gasteiger partial charge in [-0.3, -0.25) is 14.9 Å². The number of rotatable bonds is 7. The topological polar surface area (TPSA) is 147 Å². The van der Waals surface area contributed by atoms with Gasteiger partial charge in [-0.25, -0.2) is 8.42 Å². The minimum Gasteiger partial charge on any atom is -0.480 e. The number of aliphatic hydroxyl groups excluding tert-OH is 1. The van der Waals surface area contributed by atoms with Crippen molar-refractivity contribution in [3.63, 3.8) is 0 Å². The molecule has 0 amide bonds. The van der Waals surface area contributed by atoms with Crippen molar-refractivity contribution < 1.29 is 28.3 Å². The lowest BCUT2D eigenvalue weighted by atomic mass is 10.2. The molecule has 0 radical (unpaired) electrons. The average Bonchev–Trinajstić information content (AvgIpc) is 2.37. The number of nitrogens with zero attached hydrogens (tertiary/aromatic N) is 1. The van der Waals surface area contributed by atoms with E-state index in [1.807, 2.05) is 4.72 Å². The first kappa shape index (κ1) is 17.0. The smallest absolute Gasteiger partial charge is 0.321 e. The number of aliphatic hydroxyl groups is 1. The first-order valence-electron chi connectivity index (χ1n) is 5.80. The highest BCUT2D eigenvalue weighted by atomic mass is 32.2. The van der Waals surface area contributed by atoms with E-state index in [9.17, 15) is 23.3 Å². The monoisotopic (exact) mass is 318 g/mol. The van der Waals surface area contributed by atoms with E-state index in [0.29, 0.717) is 0 Å². The lowest BCUT2D eigenvalue weighted by molar-refractivity contribution is -0.387. The Kier molecular flexibility index (Phi) is 5.35. The van der Waals surface area contributed by atoms with Crippen molar-refractivity contribution >= 4 is 21.7 Å². The Bertz CT molecular complexity index is 657. The number of sulfonamides is 1. The summed E-state index contributed by atoms with van der Waals surface area (Å²) in [5.41, 5.74) is -0.527. The van der Waals surface area contributed by atoms with Crippen LogP contribution in [-0.4, -0.2) is 42.2 Å². The Balaban J connectivity index is 3.31. The Morgan fingerprint density at radius 3 is 2.57 bits per heavy atom. The molecule has 0 aliphatic carbocycles. The van der Waals surface area contributed by atoms with Gasteiger partial charge in [0.15, 0.2) is 4.90 Å². The van der Waals surface area contributed by atoms with Crippen molar-refractivity contribution in [2.75, 3.05) is 6.61 Å². The van der Waals surface area contributed by atoms with Crippen LogP contribution in [0, 0.1) is 17.0 Å². The van der Waals surface area contributed by atoms with E-state index in [4.69, 9.17) is 10.2 Å². The van der Waals surface area contributed by atoms with Gasteiger partial charge in [0, 0.05) is 12.7 Å². The minimum absolute atomic E-state index is 0.116. The number of carboxylic acids is 1. The summed E-state index contributed by atoms with van der Waals surface area (Å²) < 4.78 is 26.3. The number of aliphatic carboxylic acids is 1. The molecule has 10 heteroatoms. The summed E-state index contributed by atoms with van der Waals surface area (Å²) in [6.07, 6.45) is -0.353. The molecule has 0 saturated carbocycles. The van der Waals surface area contributed by atoms with Gasteiger partial charge in [-0.05, 0) is 18.9 Å².